The van der Waals surface area contributed by atoms with Crippen molar-refractivity contribution in [3.8, 4) is 0 Å². The molecule has 0 unspecified atom stereocenters. The van der Waals surface area contributed by atoms with Crippen LogP contribution in [0.1, 0.15) is 6.92 Å². The van der Waals surface area contributed by atoms with E-state index in [9.17, 15) is 14.9 Å². The van der Waals surface area contributed by atoms with Gasteiger partial charge in [-0.25, -0.2) is 4.79 Å². The molecule has 0 spiro atoms. The Morgan fingerprint density at radius 3 is 2.65 bits per heavy atom. The van der Waals surface area contributed by atoms with Crippen molar-refractivity contribution in [3.63, 3.8) is 0 Å². The second kappa shape index (κ2) is 6.21. The minimum absolute atomic E-state index is 0.0526. The number of benzene rings is 1. The van der Waals surface area contributed by atoms with Gasteiger partial charge in [0.25, 0.3) is 0 Å². The Morgan fingerprint density at radius 2 is 2.12 bits per heavy atom. The lowest BCUT2D eigenvalue weighted by molar-refractivity contribution is -0.350. The van der Waals surface area contributed by atoms with Crippen molar-refractivity contribution in [2.45, 2.75) is 6.92 Å². The van der Waals surface area contributed by atoms with E-state index in [-0.39, 0.29) is 6.61 Å². The first kappa shape index (κ1) is 12.6. The van der Waals surface area contributed by atoms with Crippen molar-refractivity contribution in [1.82, 2.24) is 0 Å². The van der Waals surface area contributed by atoms with Crippen molar-refractivity contribution in [1.29, 1.82) is 0 Å². The zero-order valence-electron chi connectivity index (χ0n) is 9.12. The molecular weight excluding hydrogens is 226 g/mol. The molecule has 0 amide bonds. The number of nitrogens with one attached hydrogen (secondary N) is 1. The lowest BCUT2D eigenvalue weighted by atomic mass is 10.3. The van der Waals surface area contributed by atoms with Crippen molar-refractivity contribution in [3.05, 3.63) is 40.4 Å². The number of nitro groups is 1. The number of hydrogen-bond acceptors (Lipinski definition) is 6. The third-order valence-corrected chi connectivity index (χ3v) is 1.70. The van der Waals surface area contributed by atoms with E-state index in [1.54, 1.807) is 37.3 Å². The molecule has 0 atom stereocenters. The minimum atomic E-state index is -1.07. The average Bonchev–Trinajstić information content (AvgIpc) is 2.30. The highest BCUT2D eigenvalue weighted by Gasteiger charge is 2.25. The van der Waals surface area contributed by atoms with Crippen LogP contribution < -0.4 is 5.43 Å². The summed E-state index contributed by atoms with van der Waals surface area (Å²) in [7, 11) is 0. The SMILES string of the molecule is CCOC(=O)/C(=N/Nc1ccccc1)[N+](=O)[O-]. The molecule has 0 aromatic heterocycles. The van der Waals surface area contributed by atoms with Gasteiger partial charge in [0.05, 0.1) is 17.4 Å². The van der Waals surface area contributed by atoms with Crippen LogP contribution in [0.25, 0.3) is 0 Å². The Kier molecular flexibility index (Phi) is 4.61. The third-order valence-electron chi connectivity index (χ3n) is 1.70. The summed E-state index contributed by atoms with van der Waals surface area (Å²) in [5.41, 5.74) is 2.95. The molecule has 0 aliphatic heterocycles. The summed E-state index contributed by atoms with van der Waals surface area (Å²) in [6.45, 7) is 1.61. The standard InChI is InChI=1S/C10H11N3O4/c1-2-17-10(14)9(13(15)16)12-11-8-6-4-3-5-7-8/h3-7,11H,2H2,1H3/b12-9-. The first-order chi connectivity index (χ1) is 8.15. The Bertz CT molecular complexity index is 430. The molecule has 0 aliphatic rings. The number of para-hydroxylation sites is 1. The van der Waals surface area contributed by atoms with Gasteiger partial charge in [-0.05, 0) is 24.0 Å². The lowest BCUT2D eigenvalue weighted by Gasteiger charge is -1.99. The second-order valence-corrected chi connectivity index (χ2v) is 2.89. The maximum Gasteiger partial charge on any atom is 0.473 e. The molecule has 17 heavy (non-hydrogen) atoms. The van der Waals surface area contributed by atoms with Crippen LogP contribution in [0, 0.1) is 10.1 Å². The molecule has 0 aliphatic carbocycles. The van der Waals surface area contributed by atoms with Crippen LogP contribution in [0.2, 0.25) is 0 Å². The molecule has 0 saturated carbocycles. The predicted octanol–water partition coefficient (Wildman–Crippen LogP) is 1.25. The molecule has 0 heterocycles. The van der Waals surface area contributed by atoms with Gasteiger partial charge in [0.1, 0.15) is 0 Å². The minimum Gasteiger partial charge on any atom is -0.457 e. The quantitative estimate of drug-likeness (QED) is 0.281. The largest absolute Gasteiger partial charge is 0.473 e. The smallest absolute Gasteiger partial charge is 0.457 e. The highest BCUT2D eigenvalue weighted by Crippen LogP contribution is 2.04. The molecule has 90 valence electrons. The number of hydrazone groups is 1. The molecule has 1 N–H and O–H groups in total. The van der Waals surface area contributed by atoms with Gasteiger partial charge in [0.15, 0.2) is 0 Å². The maximum atomic E-state index is 11.2. The van der Waals surface area contributed by atoms with Crippen LogP contribution >= 0.6 is 0 Å². The van der Waals surface area contributed by atoms with Crippen molar-refractivity contribution < 1.29 is 14.5 Å². The van der Waals surface area contributed by atoms with Crippen molar-refractivity contribution >= 4 is 17.5 Å². The number of hydrogen-bond donors (Lipinski definition) is 1. The number of rotatable bonds is 3. The molecule has 1 aromatic carbocycles. The maximum absolute atomic E-state index is 11.2. The van der Waals surface area contributed by atoms with Gasteiger partial charge in [-0.1, -0.05) is 18.2 Å². The topological polar surface area (TPSA) is 93.8 Å². The van der Waals surface area contributed by atoms with Gasteiger partial charge in [-0.2, -0.15) is 5.43 Å². The molecule has 0 bridgehead atoms. The Hall–Kier alpha value is -2.44. The van der Waals surface area contributed by atoms with Crippen LogP contribution in [-0.2, 0) is 9.53 Å². The summed E-state index contributed by atoms with van der Waals surface area (Å²) < 4.78 is 4.50. The van der Waals surface area contributed by atoms with E-state index < -0.39 is 16.7 Å². The summed E-state index contributed by atoms with van der Waals surface area (Å²) in [6.07, 6.45) is 0. The van der Waals surface area contributed by atoms with Gasteiger partial charge in [-0.15, -0.1) is 0 Å². The molecular formula is C10H11N3O4. The first-order valence-electron chi connectivity index (χ1n) is 4.85. The van der Waals surface area contributed by atoms with Gasteiger partial charge in [0, 0.05) is 0 Å². The summed E-state index contributed by atoms with van der Waals surface area (Å²) in [5, 5.41) is 14.0. The van der Waals surface area contributed by atoms with Crippen molar-refractivity contribution in [2.24, 2.45) is 5.10 Å². The summed E-state index contributed by atoms with van der Waals surface area (Å²) in [5.74, 6) is -1.95. The number of carbonyl (C=O) groups excluding carboxylic acids is 1. The fraction of sp³-hybridized carbons (Fsp3) is 0.200. The van der Waals surface area contributed by atoms with Crippen LogP contribution in [0.4, 0.5) is 5.69 Å². The van der Waals surface area contributed by atoms with Gasteiger partial charge in [0.2, 0.25) is 0 Å². The summed E-state index contributed by atoms with van der Waals surface area (Å²) >= 11 is 0. The number of nitrogens with zero attached hydrogens (tertiary/aromatic N) is 2. The van der Waals surface area contributed by atoms with E-state index >= 15 is 0 Å². The van der Waals surface area contributed by atoms with E-state index in [0.29, 0.717) is 5.69 Å². The van der Waals surface area contributed by atoms with E-state index in [2.05, 4.69) is 15.3 Å². The Morgan fingerprint density at radius 1 is 1.47 bits per heavy atom. The summed E-state index contributed by atoms with van der Waals surface area (Å²) in [6, 6.07) is 8.56. The Labute approximate surface area is 97.2 Å². The normalized spacial score (nSPS) is 10.8. The average molecular weight is 237 g/mol. The zero-order chi connectivity index (χ0) is 12.7. The molecule has 0 saturated heterocycles. The molecule has 7 heteroatoms. The third kappa shape index (κ3) is 3.90. The van der Waals surface area contributed by atoms with Crippen LogP contribution in [0.15, 0.2) is 35.4 Å². The number of amidine groups is 1. The van der Waals surface area contributed by atoms with E-state index in [0.717, 1.165) is 0 Å². The molecule has 7 nitrogen and oxygen atoms in total. The number of esters is 1. The molecule has 0 radical (unpaired) electrons. The van der Waals surface area contributed by atoms with Crippen LogP contribution in [0.3, 0.4) is 0 Å². The molecule has 1 aromatic rings. The van der Waals surface area contributed by atoms with Gasteiger partial charge in [-0.3, -0.25) is 0 Å². The highest BCUT2D eigenvalue weighted by molar-refractivity contribution is 6.31. The Balaban J connectivity index is 2.78. The highest BCUT2D eigenvalue weighted by atomic mass is 16.6. The predicted molar refractivity (Wildman–Crippen MR) is 61.1 cm³/mol. The fourth-order valence-corrected chi connectivity index (χ4v) is 0.987. The monoisotopic (exact) mass is 237 g/mol. The van der Waals surface area contributed by atoms with E-state index in [1.165, 1.54) is 0 Å². The lowest BCUT2D eigenvalue weighted by Crippen LogP contribution is -2.26. The van der Waals surface area contributed by atoms with Crippen LogP contribution in [0.5, 0.6) is 0 Å². The van der Waals surface area contributed by atoms with Gasteiger partial charge >= 0.3 is 11.8 Å². The van der Waals surface area contributed by atoms with Crippen molar-refractivity contribution in [2.75, 3.05) is 12.0 Å². The number of carbonyl (C=O) groups is 1. The van der Waals surface area contributed by atoms with E-state index in [4.69, 9.17) is 0 Å². The zero-order valence-corrected chi connectivity index (χ0v) is 9.12. The number of anilines is 1. The molecule has 0 fully saturated rings. The molecule has 1 rings (SSSR count). The number of ether oxygens (including phenoxy) is 1. The van der Waals surface area contributed by atoms with E-state index in [1.807, 2.05) is 0 Å². The van der Waals surface area contributed by atoms with Crippen LogP contribution in [-0.4, -0.2) is 23.3 Å². The second-order valence-electron chi connectivity index (χ2n) is 2.89. The van der Waals surface area contributed by atoms with Gasteiger partial charge < -0.3 is 14.9 Å². The fourth-order valence-electron chi connectivity index (χ4n) is 0.987. The summed E-state index contributed by atoms with van der Waals surface area (Å²) in [4.78, 5) is 20.8. The first-order valence-corrected chi connectivity index (χ1v) is 4.85.